The lowest BCUT2D eigenvalue weighted by Crippen LogP contribution is -2.14. The molecule has 0 atom stereocenters. The molecule has 0 fully saturated rings. The summed E-state index contributed by atoms with van der Waals surface area (Å²) in [6.45, 7) is 6.55. The predicted octanol–water partition coefficient (Wildman–Crippen LogP) is 4.90. The molecule has 0 radical (unpaired) electrons. The quantitative estimate of drug-likeness (QED) is 0.543. The van der Waals surface area contributed by atoms with Crippen molar-refractivity contribution in [2.45, 2.75) is 33.2 Å². The lowest BCUT2D eigenvalue weighted by Gasteiger charge is -2.11. The zero-order valence-electron chi connectivity index (χ0n) is 15.1. The monoisotopic (exact) mass is 357 g/mol. The molecule has 7 nitrogen and oxygen atoms in total. The largest absolute Gasteiger partial charge is 0.450 e. The molecule has 138 valence electrons. The van der Waals surface area contributed by atoms with Crippen LogP contribution in [0, 0.1) is 10.1 Å². The topological polar surface area (TPSA) is 93.5 Å². The van der Waals surface area contributed by atoms with Crippen LogP contribution in [0.2, 0.25) is 0 Å². The summed E-state index contributed by atoms with van der Waals surface area (Å²) >= 11 is 0. The van der Waals surface area contributed by atoms with E-state index in [1.165, 1.54) is 17.7 Å². The van der Waals surface area contributed by atoms with Gasteiger partial charge in [0.05, 0.1) is 11.5 Å². The van der Waals surface area contributed by atoms with Gasteiger partial charge in [0, 0.05) is 18.3 Å². The number of ether oxygens (including phenoxy) is 1. The van der Waals surface area contributed by atoms with Crippen LogP contribution in [-0.4, -0.2) is 17.6 Å². The van der Waals surface area contributed by atoms with Gasteiger partial charge in [-0.05, 0) is 42.2 Å². The summed E-state index contributed by atoms with van der Waals surface area (Å²) in [6.07, 6.45) is -0.716. The zero-order valence-corrected chi connectivity index (χ0v) is 15.1. The lowest BCUT2D eigenvalue weighted by atomic mass is 10.0. The molecule has 7 heteroatoms. The third kappa shape index (κ3) is 5.20. The molecule has 2 N–H and O–H groups in total. The van der Waals surface area contributed by atoms with E-state index in [1.807, 2.05) is 12.1 Å². The molecule has 1 amide bonds. The van der Waals surface area contributed by atoms with E-state index < -0.39 is 11.0 Å². The summed E-state index contributed by atoms with van der Waals surface area (Å²) in [4.78, 5) is 22.2. The average Bonchev–Trinajstić information content (AvgIpc) is 2.61. The summed E-state index contributed by atoms with van der Waals surface area (Å²) in [7, 11) is 0. The maximum absolute atomic E-state index is 11.5. The first kappa shape index (κ1) is 19.2. The molecule has 2 aromatic carbocycles. The summed E-state index contributed by atoms with van der Waals surface area (Å²) in [5, 5.41) is 16.9. The van der Waals surface area contributed by atoms with Gasteiger partial charge in [0.25, 0.3) is 5.69 Å². The molecule has 0 spiro atoms. The number of rotatable bonds is 7. The molecular formula is C19H23N3O4. The van der Waals surface area contributed by atoms with Crippen molar-refractivity contribution in [2.24, 2.45) is 0 Å². The Morgan fingerprint density at radius 3 is 2.46 bits per heavy atom. The van der Waals surface area contributed by atoms with Crippen molar-refractivity contribution in [2.75, 3.05) is 17.2 Å². The maximum atomic E-state index is 11.5. The molecular weight excluding hydrogens is 334 g/mol. The normalized spacial score (nSPS) is 10.5. The number of nitro benzene ring substituents is 1. The smallest absolute Gasteiger partial charge is 0.411 e. The van der Waals surface area contributed by atoms with E-state index in [4.69, 9.17) is 4.74 Å². The van der Waals surface area contributed by atoms with Crippen LogP contribution in [0.1, 0.15) is 37.8 Å². The van der Waals surface area contributed by atoms with Crippen molar-refractivity contribution in [1.82, 2.24) is 0 Å². The van der Waals surface area contributed by atoms with Crippen molar-refractivity contribution >= 4 is 23.2 Å². The Hall–Kier alpha value is -3.09. The van der Waals surface area contributed by atoms with Gasteiger partial charge in [-0.15, -0.1) is 0 Å². The Labute approximate surface area is 152 Å². The number of carbonyl (C=O) groups excluding carboxylic acids is 1. The summed E-state index contributed by atoms with van der Waals surface area (Å²) in [6, 6.07) is 12.8. The molecule has 0 saturated carbocycles. The highest BCUT2D eigenvalue weighted by Gasteiger charge is 2.17. The van der Waals surface area contributed by atoms with Gasteiger partial charge in [0.15, 0.2) is 0 Å². The average molecular weight is 357 g/mol. The van der Waals surface area contributed by atoms with E-state index in [1.54, 1.807) is 13.0 Å². The molecule has 26 heavy (non-hydrogen) atoms. The first-order chi connectivity index (χ1) is 12.4. The molecule has 0 heterocycles. The first-order valence-electron chi connectivity index (χ1n) is 8.45. The minimum Gasteiger partial charge on any atom is -0.450 e. The van der Waals surface area contributed by atoms with Gasteiger partial charge in [0.1, 0.15) is 5.69 Å². The van der Waals surface area contributed by atoms with Gasteiger partial charge >= 0.3 is 6.09 Å². The molecule has 2 aromatic rings. The Morgan fingerprint density at radius 1 is 1.19 bits per heavy atom. The molecule has 0 aliphatic carbocycles. The maximum Gasteiger partial charge on any atom is 0.411 e. The first-order valence-corrected chi connectivity index (χ1v) is 8.45. The van der Waals surface area contributed by atoms with Gasteiger partial charge in [-0.2, -0.15) is 0 Å². The van der Waals surface area contributed by atoms with E-state index in [9.17, 15) is 14.9 Å². The third-order valence-corrected chi connectivity index (χ3v) is 3.84. The molecule has 0 bridgehead atoms. The third-order valence-electron chi connectivity index (χ3n) is 3.84. The predicted molar refractivity (Wildman–Crippen MR) is 102 cm³/mol. The van der Waals surface area contributed by atoms with Crippen LogP contribution in [0.5, 0.6) is 0 Å². The summed E-state index contributed by atoms with van der Waals surface area (Å²) in [5.74, 6) is 0.464. The Morgan fingerprint density at radius 2 is 1.88 bits per heavy atom. The number of hydrogen-bond acceptors (Lipinski definition) is 5. The van der Waals surface area contributed by atoms with Crippen molar-refractivity contribution in [1.29, 1.82) is 0 Å². The van der Waals surface area contributed by atoms with Crippen molar-refractivity contribution < 1.29 is 14.5 Å². The van der Waals surface area contributed by atoms with Gasteiger partial charge < -0.3 is 10.1 Å². The standard InChI is InChI=1S/C19H23N3O4/c1-4-26-19(23)21-17-10-5-14(11-18(17)22(24)25)12-20-16-8-6-15(7-9-16)13(2)3/h5-11,13,20H,4,12H2,1-3H3,(H,21,23). The number of benzene rings is 2. The number of amides is 1. The second-order valence-electron chi connectivity index (χ2n) is 6.08. The van der Waals surface area contributed by atoms with Crippen LogP contribution < -0.4 is 10.6 Å². The van der Waals surface area contributed by atoms with Gasteiger partial charge in [-0.1, -0.05) is 32.0 Å². The van der Waals surface area contributed by atoms with Gasteiger partial charge in [-0.3, -0.25) is 15.4 Å². The molecule has 0 aliphatic rings. The fourth-order valence-corrected chi connectivity index (χ4v) is 2.41. The van der Waals surface area contributed by atoms with E-state index >= 15 is 0 Å². The Kier molecular flexibility index (Phi) is 6.54. The van der Waals surface area contributed by atoms with Crippen LogP contribution in [0.3, 0.4) is 0 Å². The summed E-state index contributed by atoms with van der Waals surface area (Å²) in [5.41, 5.74) is 2.86. The molecule has 0 aromatic heterocycles. The number of anilines is 2. The van der Waals surface area contributed by atoms with Crippen molar-refractivity contribution in [3.05, 3.63) is 63.7 Å². The minimum absolute atomic E-state index is 0.110. The lowest BCUT2D eigenvalue weighted by molar-refractivity contribution is -0.384. The highest BCUT2D eigenvalue weighted by molar-refractivity contribution is 5.87. The molecule has 0 saturated heterocycles. The number of nitrogens with one attached hydrogen (secondary N) is 2. The van der Waals surface area contributed by atoms with Gasteiger partial charge in [-0.25, -0.2) is 4.79 Å². The van der Waals surface area contributed by atoms with E-state index in [0.717, 1.165) is 11.3 Å². The fraction of sp³-hybridized carbons (Fsp3) is 0.316. The van der Waals surface area contributed by atoms with Crippen LogP contribution in [0.4, 0.5) is 21.9 Å². The second-order valence-corrected chi connectivity index (χ2v) is 6.08. The van der Waals surface area contributed by atoms with Crippen LogP contribution in [0.25, 0.3) is 0 Å². The van der Waals surface area contributed by atoms with Gasteiger partial charge in [0.2, 0.25) is 0 Å². The second kappa shape index (κ2) is 8.84. The summed E-state index contributed by atoms with van der Waals surface area (Å²) < 4.78 is 4.76. The molecule has 0 aliphatic heterocycles. The highest BCUT2D eigenvalue weighted by atomic mass is 16.6. The number of nitro groups is 1. The SMILES string of the molecule is CCOC(=O)Nc1ccc(CNc2ccc(C(C)C)cc2)cc1[N+](=O)[O-]. The minimum atomic E-state index is -0.716. The van der Waals surface area contributed by atoms with Crippen LogP contribution in [-0.2, 0) is 11.3 Å². The highest BCUT2D eigenvalue weighted by Crippen LogP contribution is 2.26. The Balaban J connectivity index is 2.08. The van der Waals surface area contributed by atoms with Crippen molar-refractivity contribution in [3.8, 4) is 0 Å². The zero-order chi connectivity index (χ0) is 19.1. The van der Waals surface area contributed by atoms with E-state index in [2.05, 4.69) is 36.6 Å². The van der Waals surface area contributed by atoms with Crippen LogP contribution >= 0.6 is 0 Å². The Bertz CT molecular complexity index is 773. The van der Waals surface area contributed by atoms with E-state index in [0.29, 0.717) is 12.5 Å². The number of carbonyl (C=O) groups is 1. The molecule has 2 rings (SSSR count). The number of hydrogen-bond donors (Lipinski definition) is 2. The fourth-order valence-electron chi connectivity index (χ4n) is 2.41. The van der Waals surface area contributed by atoms with Crippen LogP contribution in [0.15, 0.2) is 42.5 Å². The van der Waals surface area contributed by atoms with Crippen molar-refractivity contribution in [3.63, 3.8) is 0 Å². The number of nitrogens with zero attached hydrogens (tertiary/aromatic N) is 1. The molecule has 0 unspecified atom stereocenters. The van der Waals surface area contributed by atoms with E-state index in [-0.39, 0.29) is 18.0 Å².